The highest BCUT2D eigenvalue weighted by molar-refractivity contribution is 5.75. The van der Waals surface area contributed by atoms with Gasteiger partial charge in [-0.1, -0.05) is 12.2 Å². The molecule has 0 spiro atoms. The van der Waals surface area contributed by atoms with Crippen molar-refractivity contribution in [1.82, 2.24) is 5.32 Å². The van der Waals surface area contributed by atoms with Crippen molar-refractivity contribution in [2.45, 2.75) is 19.8 Å². The predicted molar refractivity (Wildman–Crippen MR) is 42.4 cm³/mol. The van der Waals surface area contributed by atoms with Gasteiger partial charge in [-0.2, -0.15) is 0 Å². The third-order valence-corrected chi connectivity index (χ3v) is 1.32. The highest BCUT2D eigenvalue weighted by Crippen LogP contribution is 2.05. The Bertz CT molecular complexity index is 196. The first kappa shape index (κ1) is 7.06. The van der Waals surface area contributed by atoms with E-state index < -0.39 is 0 Å². The maximum absolute atomic E-state index is 10.5. The second kappa shape index (κ2) is 3.20. The molecule has 56 valence electrons. The Morgan fingerprint density at radius 2 is 2.50 bits per heavy atom. The van der Waals surface area contributed by atoms with E-state index in [-0.39, 0.29) is 7.33 Å². The fourth-order valence-electron chi connectivity index (χ4n) is 0.909. The highest BCUT2D eigenvalue weighted by Gasteiger charge is 1.96. The summed E-state index contributed by atoms with van der Waals surface area (Å²) < 4.78 is 0. The summed E-state index contributed by atoms with van der Waals surface area (Å²) in [6.07, 6.45) is 8.15. The topological polar surface area (TPSA) is 29.1 Å². The van der Waals surface area contributed by atoms with Crippen molar-refractivity contribution in [3.8, 4) is 0 Å². The predicted octanol–water partition coefficient (Wildman–Crippen LogP) is 1.60. The molecule has 0 bridgehead atoms. The van der Waals surface area contributed by atoms with Gasteiger partial charge < -0.3 is 5.32 Å². The molecule has 1 amide bonds. The monoisotopic (exact) mass is 139 g/mol. The van der Waals surface area contributed by atoms with Crippen LogP contribution in [0, 0.1) is 0 Å². The van der Waals surface area contributed by atoms with Crippen molar-refractivity contribution in [1.29, 1.82) is 0 Å². The van der Waals surface area contributed by atoms with Gasteiger partial charge in [0.1, 0.15) is 0 Å². The van der Waals surface area contributed by atoms with Gasteiger partial charge in [0, 0.05) is 14.0 Å². The van der Waals surface area contributed by atoms with Crippen LogP contribution in [0.25, 0.3) is 0 Å². The zero-order chi connectivity index (χ0) is 7.40. The number of rotatable bonds is 1. The molecule has 1 N–H and O–H groups in total. The number of amides is 1. The van der Waals surface area contributed by atoms with Crippen LogP contribution in [-0.2, 0) is 4.79 Å². The van der Waals surface area contributed by atoms with E-state index in [2.05, 4.69) is 11.4 Å². The molecule has 0 fully saturated rings. The van der Waals surface area contributed by atoms with Crippen LogP contribution in [0.3, 0.4) is 0 Å². The average Bonchev–Trinajstić information content (AvgIpc) is 1.88. The Labute approximate surface area is 62.1 Å². The minimum absolute atomic E-state index is 0. The normalized spacial score (nSPS) is 16.3. The molecule has 1 aliphatic carbocycles. The summed E-state index contributed by atoms with van der Waals surface area (Å²) in [5, 5.41) is 2.72. The van der Waals surface area contributed by atoms with Gasteiger partial charge in [-0.25, -0.2) is 0 Å². The van der Waals surface area contributed by atoms with Crippen molar-refractivity contribution in [3.63, 3.8) is 0 Å². The molecule has 0 saturated heterocycles. The van der Waals surface area contributed by atoms with Crippen molar-refractivity contribution in [2.24, 2.45) is 0 Å². The second-order valence-corrected chi connectivity index (χ2v) is 2.32. The van der Waals surface area contributed by atoms with E-state index in [0.717, 1.165) is 18.5 Å². The molecule has 0 aromatic rings. The summed E-state index contributed by atoms with van der Waals surface area (Å²) >= 11 is 0. The standard InChI is InChI=1S/C8H11NO.H2/c1-7(10)9-8-5-3-2-4-6-8;/h3,5-6H,2,4H2,1H3,(H,9,10);1H. The van der Waals surface area contributed by atoms with Gasteiger partial charge in [-0.3, -0.25) is 4.79 Å². The Kier molecular flexibility index (Phi) is 2.26. The van der Waals surface area contributed by atoms with E-state index >= 15 is 0 Å². The lowest BCUT2D eigenvalue weighted by atomic mass is 10.1. The number of nitrogens with one attached hydrogen (secondary N) is 1. The summed E-state index contributed by atoms with van der Waals surface area (Å²) in [6, 6.07) is 0. The zero-order valence-electron chi connectivity index (χ0n) is 6.05. The molecule has 2 nitrogen and oxygen atoms in total. The second-order valence-electron chi connectivity index (χ2n) is 2.32. The first-order chi connectivity index (χ1) is 4.79. The number of carbonyl (C=O) groups excluding carboxylic acids is 1. The molecule has 1 aliphatic rings. The quantitative estimate of drug-likeness (QED) is 0.587. The van der Waals surface area contributed by atoms with Gasteiger partial charge >= 0.3 is 0 Å². The maximum Gasteiger partial charge on any atom is 0.221 e. The molecule has 0 aromatic carbocycles. The fraction of sp³-hybridized carbons (Fsp3) is 0.375. The first-order valence-corrected chi connectivity index (χ1v) is 3.43. The molecule has 2 heteroatoms. The van der Waals surface area contributed by atoms with Crippen molar-refractivity contribution in [3.05, 3.63) is 23.9 Å². The molecule has 10 heavy (non-hydrogen) atoms. The Balaban J connectivity index is 0.000001000. The maximum atomic E-state index is 10.5. The third kappa shape index (κ3) is 2.05. The van der Waals surface area contributed by atoms with Crippen LogP contribution < -0.4 is 5.32 Å². The third-order valence-electron chi connectivity index (χ3n) is 1.32. The average molecular weight is 139 g/mol. The summed E-state index contributed by atoms with van der Waals surface area (Å²) in [5.41, 5.74) is 0.929. The lowest BCUT2D eigenvalue weighted by Crippen LogP contribution is -2.18. The van der Waals surface area contributed by atoms with Crippen molar-refractivity contribution in [2.75, 3.05) is 0 Å². The van der Waals surface area contributed by atoms with Crippen LogP contribution in [0.15, 0.2) is 23.9 Å². The number of hydrogen-bond acceptors (Lipinski definition) is 1. The summed E-state index contributed by atoms with van der Waals surface area (Å²) in [6.45, 7) is 1.52. The van der Waals surface area contributed by atoms with Gasteiger partial charge in [0.15, 0.2) is 0 Å². The minimum atomic E-state index is -0.00204. The van der Waals surface area contributed by atoms with Gasteiger partial charge in [0.2, 0.25) is 5.91 Å². The lowest BCUT2D eigenvalue weighted by Gasteiger charge is -2.05. The van der Waals surface area contributed by atoms with E-state index in [4.69, 9.17) is 0 Å². The van der Waals surface area contributed by atoms with Crippen LogP contribution >= 0.6 is 0 Å². The Morgan fingerprint density at radius 1 is 1.70 bits per heavy atom. The molecular formula is C8H13NO. The fourth-order valence-corrected chi connectivity index (χ4v) is 0.909. The van der Waals surface area contributed by atoms with E-state index in [9.17, 15) is 4.79 Å². The van der Waals surface area contributed by atoms with Crippen LogP contribution in [0.5, 0.6) is 0 Å². The van der Waals surface area contributed by atoms with Gasteiger partial charge in [0.05, 0.1) is 0 Å². The van der Waals surface area contributed by atoms with E-state index in [1.807, 2.05) is 12.2 Å². The molecule has 0 unspecified atom stereocenters. The molecule has 0 atom stereocenters. The minimum Gasteiger partial charge on any atom is -0.327 e. The van der Waals surface area contributed by atoms with Gasteiger partial charge in [0.25, 0.3) is 0 Å². The Hall–Kier alpha value is -1.05. The number of carbonyl (C=O) groups is 1. The SMILES string of the molecule is CC(=O)NC1=CCCC=C1.[HH]. The van der Waals surface area contributed by atoms with Crippen molar-refractivity contribution < 1.29 is 6.22 Å². The van der Waals surface area contributed by atoms with Gasteiger partial charge in [-0.15, -0.1) is 0 Å². The summed E-state index contributed by atoms with van der Waals surface area (Å²) in [7, 11) is 0. The molecule has 0 aromatic heterocycles. The first-order valence-electron chi connectivity index (χ1n) is 3.43. The number of hydrogen-bond donors (Lipinski definition) is 1. The van der Waals surface area contributed by atoms with E-state index in [1.165, 1.54) is 6.92 Å². The largest absolute Gasteiger partial charge is 0.327 e. The van der Waals surface area contributed by atoms with Crippen LogP contribution in [-0.4, -0.2) is 5.91 Å². The zero-order valence-corrected chi connectivity index (χ0v) is 6.05. The molecule has 0 heterocycles. The van der Waals surface area contributed by atoms with Crippen LogP contribution in [0.2, 0.25) is 0 Å². The molecule has 1 rings (SSSR count). The van der Waals surface area contributed by atoms with Gasteiger partial charge in [-0.05, 0) is 18.9 Å². The lowest BCUT2D eigenvalue weighted by molar-refractivity contribution is -0.118. The van der Waals surface area contributed by atoms with Crippen LogP contribution in [0.1, 0.15) is 21.2 Å². The molecule has 0 aliphatic heterocycles. The highest BCUT2D eigenvalue weighted by atomic mass is 16.1. The van der Waals surface area contributed by atoms with Crippen molar-refractivity contribution >= 4 is 5.91 Å². The van der Waals surface area contributed by atoms with Crippen LogP contribution in [0.4, 0.5) is 0 Å². The van der Waals surface area contributed by atoms with E-state index in [0.29, 0.717) is 0 Å². The molecule has 0 saturated carbocycles. The smallest absolute Gasteiger partial charge is 0.221 e. The number of allylic oxidation sites excluding steroid dienone is 3. The summed E-state index contributed by atoms with van der Waals surface area (Å²) in [5.74, 6) is -0.00204. The van der Waals surface area contributed by atoms with E-state index in [1.54, 1.807) is 0 Å². The molecule has 0 radical (unpaired) electrons. The Morgan fingerprint density at radius 3 is 3.00 bits per heavy atom. The summed E-state index contributed by atoms with van der Waals surface area (Å²) in [4.78, 5) is 10.5. The molecular weight excluding hydrogens is 126 g/mol.